The number of carboxylic acids is 1. The quantitative estimate of drug-likeness (QED) is 0.725. The van der Waals surface area contributed by atoms with Gasteiger partial charge in [-0.2, -0.15) is 0 Å². The van der Waals surface area contributed by atoms with Gasteiger partial charge in [-0.3, -0.25) is 9.59 Å². The van der Waals surface area contributed by atoms with Gasteiger partial charge in [0.05, 0.1) is 6.42 Å². The number of hydrogen-bond donors (Lipinski definition) is 3. The normalized spacial score (nSPS) is 10.3. The molecule has 0 aliphatic heterocycles. The molecule has 0 atom stereocenters. The molecule has 0 aliphatic carbocycles. The van der Waals surface area contributed by atoms with Gasteiger partial charge >= 0.3 is 5.97 Å². The number of carboxylic acid groups (broad SMARTS) is 1. The number of aliphatic carboxylic acids is 1. The molecule has 126 valence electrons. The largest absolute Gasteiger partial charge is 0.480 e. The third kappa shape index (κ3) is 5.40. The van der Waals surface area contributed by atoms with Crippen molar-refractivity contribution in [3.63, 3.8) is 0 Å². The lowest BCUT2D eigenvalue weighted by molar-refractivity contribution is -0.137. The van der Waals surface area contributed by atoms with Gasteiger partial charge < -0.3 is 15.7 Å². The number of nitrogens with one attached hydrogen (secondary N) is 2. The van der Waals surface area contributed by atoms with E-state index in [0.29, 0.717) is 21.4 Å². The number of halogens is 3. The smallest absolute Gasteiger partial charge is 0.322 e. The average molecular weight is 371 g/mol. The van der Waals surface area contributed by atoms with E-state index in [4.69, 9.17) is 28.3 Å². The van der Waals surface area contributed by atoms with Gasteiger partial charge in [0.2, 0.25) is 5.91 Å². The van der Waals surface area contributed by atoms with Crippen molar-refractivity contribution in [3.05, 3.63) is 57.8 Å². The highest BCUT2D eigenvalue weighted by Crippen LogP contribution is 2.26. The van der Waals surface area contributed by atoms with E-state index in [-0.39, 0.29) is 12.0 Å². The summed E-state index contributed by atoms with van der Waals surface area (Å²) in [5.74, 6) is -2.31. The highest BCUT2D eigenvalue weighted by atomic mass is 35.5. The Kier molecular flexibility index (Phi) is 6.00. The van der Waals surface area contributed by atoms with E-state index in [1.807, 2.05) is 0 Å². The van der Waals surface area contributed by atoms with Crippen LogP contribution in [-0.2, 0) is 16.0 Å². The summed E-state index contributed by atoms with van der Waals surface area (Å²) < 4.78 is 13.8. The lowest BCUT2D eigenvalue weighted by Crippen LogP contribution is -2.30. The summed E-state index contributed by atoms with van der Waals surface area (Å²) in [6.07, 6.45) is -0.273. The molecule has 3 N–H and O–H groups in total. The van der Waals surface area contributed by atoms with Gasteiger partial charge in [-0.15, -0.1) is 0 Å². The highest BCUT2D eigenvalue weighted by molar-refractivity contribution is 6.35. The standard InChI is InChI=1S/C16H13Cl2FN2O3/c17-10-5-11(18)7-13(6-10)21-12-1-2-14(19)9(3-12)4-15(22)20-8-16(23)24/h1-3,5-7,21H,4,8H2,(H,20,22)(H,23,24). The summed E-state index contributed by atoms with van der Waals surface area (Å²) in [6, 6.07) is 9.06. The second-order valence-electron chi connectivity index (χ2n) is 4.94. The molecule has 0 bridgehead atoms. The number of hydrogen-bond acceptors (Lipinski definition) is 3. The van der Waals surface area contributed by atoms with Gasteiger partial charge in [-0.1, -0.05) is 23.2 Å². The first-order chi connectivity index (χ1) is 11.3. The molecule has 0 heterocycles. The van der Waals surface area contributed by atoms with Crippen LogP contribution >= 0.6 is 23.2 Å². The Morgan fingerprint density at radius 3 is 2.33 bits per heavy atom. The fourth-order valence-electron chi connectivity index (χ4n) is 1.99. The molecule has 0 radical (unpaired) electrons. The van der Waals surface area contributed by atoms with Crippen LogP contribution in [0.1, 0.15) is 5.56 Å². The molecule has 0 unspecified atom stereocenters. The van der Waals surface area contributed by atoms with E-state index in [0.717, 1.165) is 0 Å². The maximum absolute atomic E-state index is 13.8. The number of carbonyl (C=O) groups excluding carboxylic acids is 1. The predicted octanol–water partition coefficient (Wildman–Crippen LogP) is 3.62. The Hall–Kier alpha value is -2.31. The van der Waals surface area contributed by atoms with Crippen LogP contribution < -0.4 is 10.6 Å². The molecule has 2 rings (SSSR count). The number of anilines is 2. The van der Waals surface area contributed by atoms with Crippen LogP contribution in [0.5, 0.6) is 0 Å². The minimum atomic E-state index is -1.17. The number of rotatable bonds is 6. The molecule has 0 aliphatic rings. The van der Waals surface area contributed by atoms with Crippen molar-refractivity contribution in [1.29, 1.82) is 0 Å². The second kappa shape index (κ2) is 7.99. The minimum Gasteiger partial charge on any atom is -0.480 e. The van der Waals surface area contributed by atoms with E-state index in [9.17, 15) is 14.0 Å². The number of amides is 1. The van der Waals surface area contributed by atoms with Crippen molar-refractivity contribution in [2.75, 3.05) is 11.9 Å². The first-order valence-corrected chi connectivity index (χ1v) is 7.59. The molecule has 24 heavy (non-hydrogen) atoms. The third-order valence-corrected chi connectivity index (χ3v) is 3.42. The predicted molar refractivity (Wildman–Crippen MR) is 90.5 cm³/mol. The molecular formula is C16H13Cl2FN2O3. The van der Waals surface area contributed by atoms with Crippen LogP contribution in [0.3, 0.4) is 0 Å². The first kappa shape index (κ1) is 18.0. The zero-order valence-electron chi connectivity index (χ0n) is 12.3. The molecule has 0 spiro atoms. The SMILES string of the molecule is O=C(O)CNC(=O)Cc1cc(Nc2cc(Cl)cc(Cl)c2)ccc1F. The van der Waals surface area contributed by atoms with Crippen molar-refractivity contribution in [2.45, 2.75) is 6.42 Å². The monoisotopic (exact) mass is 370 g/mol. The molecule has 5 nitrogen and oxygen atoms in total. The molecule has 1 amide bonds. The fourth-order valence-corrected chi connectivity index (χ4v) is 2.52. The summed E-state index contributed by atoms with van der Waals surface area (Å²) in [7, 11) is 0. The van der Waals surface area contributed by atoms with Crippen molar-refractivity contribution < 1.29 is 19.1 Å². The zero-order valence-corrected chi connectivity index (χ0v) is 13.8. The summed E-state index contributed by atoms with van der Waals surface area (Å²) >= 11 is 11.8. The number of benzene rings is 2. The minimum absolute atomic E-state index is 0.135. The maximum atomic E-state index is 13.8. The summed E-state index contributed by atoms with van der Waals surface area (Å²) in [5, 5.41) is 14.6. The molecule has 0 saturated carbocycles. The second-order valence-corrected chi connectivity index (χ2v) is 5.81. The van der Waals surface area contributed by atoms with Gasteiger partial charge in [0.15, 0.2) is 0 Å². The van der Waals surface area contributed by atoms with Gasteiger partial charge in [-0.05, 0) is 42.0 Å². The van der Waals surface area contributed by atoms with Crippen molar-refractivity contribution >= 4 is 46.5 Å². The van der Waals surface area contributed by atoms with Crippen LogP contribution in [0, 0.1) is 5.82 Å². The third-order valence-electron chi connectivity index (χ3n) is 2.98. The maximum Gasteiger partial charge on any atom is 0.322 e. The van der Waals surface area contributed by atoms with Crippen molar-refractivity contribution in [1.82, 2.24) is 5.32 Å². The van der Waals surface area contributed by atoms with Crippen molar-refractivity contribution in [2.24, 2.45) is 0 Å². The first-order valence-electron chi connectivity index (χ1n) is 6.83. The van der Waals surface area contributed by atoms with Crippen molar-refractivity contribution in [3.8, 4) is 0 Å². The van der Waals surface area contributed by atoms with E-state index in [1.165, 1.54) is 18.2 Å². The molecule has 2 aromatic rings. The van der Waals surface area contributed by atoms with E-state index >= 15 is 0 Å². The summed E-state index contributed by atoms with van der Waals surface area (Å²) in [5.41, 5.74) is 1.28. The van der Waals surface area contributed by atoms with Crippen LogP contribution in [0.4, 0.5) is 15.8 Å². The highest BCUT2D eigenvalue weighted by Gasteiger charge is 2.10. The average Bonchev–Trinajstić information content (AvgIpc) is 2.47. The van der Waals surface area contributed by atoms with Crippen LogP contribution in [-0.4, -0.2) is 23.5 Å². The molecule has 0 fully saturated rings. The Morgan fingerprint density at radius 1 is 1.04 bits per heavy atom. The van der Waals surface area contributed by atoms with E-state index < -0.39 is 24.2 Å². The molecular weight excluding hydrogens is 358 g/mol. The molecule has 0 saturated heterocycles. The number of carbonyl (C=O) groups is 2. The Balaban J connectivity index is 2.12. The topological polar surface area (TPSA) is 78.4 Å². The van der Waals surface area contributed by atoms with Crippen LogP contribution in [0.2, 0.25) is 10.0 Å². The molecule has 8 heteroatoms. The lowest BCUT2D eigenvalue weighted by atomic mass is 10.1. The molecule has 0 aromatic heterocycles. The summed E-state index contributed by atoms with van der Waals surface area (Å²) in [6.45, 7) is -0.514. The Bertz CT molecular complexity index is 764. The zero-order chi connectivity index (χ0) is 17.7. The van der Waals surface area contributed by atoms with Gasteiger partial charge in [0.1, 0.15) is 12.4 Å². The van der Waals surface area contributed by atoms with E-state index in [1.54, 1.807) is 18.2 Å². The van der Waals surface area contributed by atoms with Crippen LogP contribution in [0.25, 0.3) is 0 Å². The van der Waals surface area contributed by atoms with Crippen LogP contribution in [0.15, 0.2) is 36.4 Å². The lowest BCUT2D eigenvalue weighted by Gasteiger charge is -2.10. The molecule has 2 aromatic carbocycles. The van der Waals surface area contributed by atoms with E-state index in [2.05, 4.69) is 10.6 Å². The Labute approximate surface area is 147 Å². The Morgan fingerprint density at radius 2 is 1.71 bits per heavy atom. The van der Waals surface area contributed by atoms with Gasteiger partial charge in [0, 0.05) is 21.4 Å². The van der Waals surface area contributed by atoms with Gasteiger partial charge in [0.25, 0.3) is 0 Å². The summed E-state index contributed by atoms with van der Waals surface area (Å²) in [4.78, 5) is 22.0. The fraction of sp³-hybridized carbons (Fsp3) is 0.125. The van der Waals surface area contributed by atoms with Gasteiger partial charge in [-0.25, -0.2) is 4.39 Å².